The van der Waals surface area contributed by atoms with Crippen LogP contribution >= 0.6 is 0 Å². The average molecular weight is 247 g/mol. The highest BCUT2D eigenvalue weighted by Gasteiger charge is 2.30. The van der Waals surface area contributed by atoms with Gasteiger partial charge in [0.1, 0.15) is 9.84 Å². The van der Waals surface area contributed by atoms with Gasteiger partial charge in [-0.25, -0.2) is 8.42 Å². The molecule has 15 heavy (non-hydrogen) atoms. The molecule has 2 atom stereocenters. The summed E-state index contributed by atoms with van der Waals surface area (Å²) >= 11 is 0. The van der Waals surface area contributed by atoms with Gasteiger partial charge in [-0.1, -0.05) is 0 Å². The molecule has 3 nitrogen and oxygen atoms in total. The van der Waals surface area contributed by atoms with Crippen molar-refractivity contribution in [1.29, 1.82) is 0 Å². The summed E-state index contributed by atoms with van der Waals surface area (Å²) in [6.07, 6.45) is -4.13. The van der Waals surface area contributed by atoms with Crippen molar-refractivity contribution in [3.63, 3.8) is 0 Å². The topological polar surface area (TPSA) is 46.2 Å². The van der Waals surface area contributed by atoms with E-state index in [0.29, 0.717) is 0 Å². The average Bonchev–Trinajstić information content (AvgIpc) is 1.73. The summed E-state index contributed by atoms with van der Waals surface area (Å²) in [5.41, 5.74) is 0. The van der Waals surface area contributed by atoms with Gasteiger partial charge >= 0.3 is 6.18 Å². The molecule has 0 aliphatic rings. The van der Waals surface area contributed by atoms with Gasteiger partial charge in [0.2, 0.25) is 0 Å². The third-order valence-corrected chi connectivity index (χ3v) is 2.76. The van der Waals surface area contributed by atoms with Crippen molar-refractivity contribution in [3.8, 4) is 0 Å². The van der Waals surface area contributed by atoms with Gasteiger partial charge in [0.25, 0.3) is 0 Å². The van der Waals surface area contributed by atoms with Crippen LogP contribution in [0.2, 0.25) is 0 Å². The fourth-order valence-electron chi connectivity index (χ4n) is 1.39. The van der Waals surface area contributed by atoms with Gasteiger partial charge in [-0.05, 0) is 13.8 Å². The zero-order valence-electron chi connectivity index (χ0n) is 8.93. The van der Waals surface area contributed by atoms with Crippen LogP contribution in [0.1, 0.15) is 20.3 Å². The molecule has 0 saturated heterocycles. The second-order valence-electron chi connectivity index (χ2n) is 3.88. The largest absolute Gasteiger partial charge is 0.390 e. The van der Waals surface area contributed by atoms with Crippen molar-refractivity contribution < 1.29 is 21.6 Å². The van der Waals surface area contributed by atoms with Gasteiger partial charge in [-0.3, -0.25) is 0 Å². The van der Waals surface area contributed by atoms with Gasteiger partial charge in [-0.15, -0.1) is 0 Å². The summed E-state index contributed by atoms with van der Waals surface area (Å²) in [4.78, 5) is 0. The fourth-order valence-corrected chi connectivity index (χ4v) is 2.40. The summed E-state index contributed by atoms with van der Waals surface area (Å²) in [5.74, 6) is -0.158. The monoisotopic (exact) mass is 247 g/mol. The summed E-state index contributed by atoms with van der Waals surface area (Å²) in [5, 5.41) is 2.59. The summed E-state index contributed by atoms with van der Waals surface area (Å²) < 4.78 is 57.5. The van der Waals surface area contributed by atoms with Crippen LogP contribution in [0, 0.1) is 0 Å². The predicted octanol–water partition coefficient (Wildman–Crippen LogP) is 1.35. The molecule has 0 heterocycles. The van der Waals surface area contributed by atoms with E-state index in [0.717, 1.165) is 6.26 Å². The third-order valence-electron chi connectivity index (χ3n) is 1.66. The fraction of sp³-hybridized carbons (Fsp3) is 1.00. The van der Waals surface area contributed by atoms with E-state index in [1.807, 2.05) is 0 Å². The Balaban J connectivity index is 4.03. The Morgan fingerprint density at radius 3 is 2.00 bits per heavy atom. The van der Waals surface area contributed by atoms with E-state index in [2.05, 4.69) is 5.32 Å². The second kappa shape index (κ2) is 5.16. The normalized spacial score (nSPS) is 17.5. The molecule has 7 heteroatoms. The van der Waals surface area contributed by atoms with Crippen molar-refractivity contribution in [2.24, 2.45) is 0 Å². The Kier molecular flexibility index (Phi) is 5.05. The van der Waals surface area contributed by atoms with E-state index >= 15 is 0 Å². The van der Waals surface area contributed by atoms with Crippen molar-refractivity contribution in [1.82, 2.24) is 5.32 Å². The first-order valence-corrected chi connectivity index (χ1v) is 6.56. The minimum atomic E-state index is -4.22. The van der Waals surface area contributed by atoms with Crippen molar-refractivity contribution >= 4 is 9.84 Å². The molecule has 0 fully saturated rings. The Morgan fingerprint density at radius 1 is 1.20 bits per heavy atom. The lowest BCUT2D eigenvalue weighted by molar-refractivity contribution is -0.139. The predicted molar refractivity (Wildman–Crippen MR) is 52.4 cm³/mol. The van der Waals surface area contributed by atoms with Gasteiger partial charge in [0, 0.05) is 18.3 Å². The minimum absolute atomic E-state index is 0.158. The van der Waals surface area contributed by atoms with E-state index in [1.54, 1.807) is 6.92 Å². The number of rotatable bonds is 5. The van der Waals surface area contributed by atoms with Gasteiger partial charge in [0.05, 0.1) is 12.2 Å². The number of nitrogens with one attached hydrogen (secondary N) is 1. The maximum Gasteiger partial charge on any atom is 0.390 e. The summed E-state index contributed by atoms with van der Waals surface area (Å²) in [7, 11) is -3.16. The van der Waals surface area contributed by atoms with Crippen molar-refractivity contribution in [2.75, 3.05) is 12.0 Å². The smallest absolute Gasteiger partial charge is 0.310 e. The molecule has 92 valence electrons. The minimum Gasteiger partial charge on any atom is -0.310 e. The van der Waals surface area contributed by atoms with E-state index in [9.17, 15) is 21.6 Å². The molecule has 0 aliphatic heterocycles. The second-order valence-corrected chi connectivity index (χ2v) is 6.07. The van der Waals surface area contributed by atoms with Crippen LogP contribution in [0.15, 0.2) is 0 Å². The highest BCUT2D eigenvalue weighted by molar-refractivity contribution is 7.90. The van der Waals surface area contributed by atoms with Crippen LogP contribution in [0.4, 0.5) is 13.2 Å². The number of sulfone groups is 1. The van der Waals surface area contributed by atoms with Crippen molar-refractivity contribution in [2.45, 2.75) is 38.5 Å². The Bertz CT molecular complexity index is 287. The number of hydrogen-bond acceptors (Lipinski definition) is 3. The molecular weight excluding hydrogens is 231 g/mol. The molecule has 1 N–H and O–H groups in total. The van der Waals surface area contributed by atoms with Gasteiger partial charge in [-0.2, -0.15) is 13.2 Å². The van der Waals surface area contributed by atoms with E-state index < -0.39 is 34.5 Å². The Hall–Kier alpha value is -0.300. The lowest BCUT2D eigenvalue weighted by Gasteiger charge is -2.20. The third kappa shape index (κ3) is 9.99. The van der Waals surface area contributed by atoms with Crippen LogP contribution in [0.5, 0.6) is 0 Å². The number of halogens is 3. The molecule has 2 unspecified atom stereocenters. The highest BCUT2D eigenvalue weighted by atomic mass is 32.2. The zero-order valence-corrected chi connectivity index (χ0v) is 9.74. The molecule has 0 bridgehead atoms. The molecule has 0 amide bonds. The van der Waals surface area contributed by atoms with Crippen LogP contribution in [0.25, 0.3) is 0 Å². The van der Waals surface area contributed by atoms with Gasteiger partial charge < -0.3 is 5.32 Å². The molecule has 0 saturated carbocycles. The Morgan fingerprint density at radius 2 is 1.67 bits per heavy atom. The zero-order chi connectivity index (χ0) is 12.3. The molecular formula is C8H16F3NO2S. The van der Waals surface area contributed by atoms with E-state index in [1.165, 1.54) is 6.92 Å². The lowest BCUT2D eigenvalue weighted by Crippen LogP contribution is -2.40. The first-order valence-electron chi connectivity index (χ1n) is 4.50. The van der Waals surface area contributed by atoms with E-state index in [4.69, 9.17) is 0 Å². The molecule has 0 rings (SSSR count). The van der Waals surface area contributed by atoms with E-state index in [-0.39, 0.29) is 5.75 Å². The molecule has 0 aliphatic carbocycles. The SMILES string of the molecule is CC(CC(F)(F)F)NC(C)CS(C)(=O)=O. The Labute approximate surface area is 88.0 Å². The quantitative estimate of drug-likeness (QED) is 0.797. The van der Waals surface area contributed by atoms with Crippen molar-refractivity contribution in [3.05, 3.63) is 0 Å². The molecule has 0 aromatic rings. The molecule has 0 spiro atoms. The standard InChI is InChI=1S/C8H16F3NO2S/c1-6(4-8(9,10)11)12-7(2)5-15(3,13)14/h6-7,12H,4-5H2,1-3H3. The van der Waals surface area contributed by atoms with Gasteiger partial charge in [0.15, 0.2) is 0 Å². The van der Waals surface area contributed by atoms with Crippen LogP contribution in [-0.4, -0.2) is 38.7 Å². The maximum atomic E-state index is 11.9. The summed E-state index contributed by atoms with van der Waals surface area (Å²) in [6.45, 7) is 2.93. The van der Waals surface area contributed by atoms with Crippen LogP contribution in [0.3, 0.4) is 0 Å². The lowest BCUT2D eigenvalue weighted by atomic mass is 10.2. The maximum absolute atomic E-state index is 11.9. The number of hydrogen-bond donors (Lipinski definition) is 1. The number of alkyl halides is 3. The highest BCUT2D eigenvalue weighted by Crippen LogP contribution is 2.21. The van der Waals surface area contributed by atoms with Crippen LogP contribution < -0.4 is 5.32 Å². The first-order chi connectivity index (χ1) is 6.49. The summed E-state index contributed by atoms with van der Waals surface area (Å²) in [6, 6.07) is -1.25. The van der Waals surface area contributed by atoms with Crippen LogP contribution in [-0.2, 0) is 9.84 Å². The molecule has 0 aromatic heterocycles. The first kappa shape index (κ1) is 14.7. The molecule has 0 aromatic carbocycles. The molecule has 0 radical (unpaired) electrons.